The molecule has 1 aliphatic carbocycles. The number of aliphatic carboxylic acids is 2. The fourth-order valence-corrected chi connectivity index (χ4v) is 2.22. The first-order chi connectivity index (χ1) is 9.09. The summed E-state index contributed by atoms with van der Waals surface area (Å²) in [5, 5.41) is 17.9. The largest absolute Gasteiger partial charge is 0.481 e. The number of fused-ring (bicyclic) bond motifs is 1. The highest BCUT2D eigenvalue weighted by molar-refractivity contribution is 5.90. The molecule has 0 aromatic heterocycles. The standard InChI is InChI=1S/C15H14O4/c16-14(17)7-3-6-13(15(18)19)12-9-8-10-4-1-2-5-11(10)12/h1-2,4-6,8-9,12H,3,7H2,(H,16,17)(H,18,19). The third-order valence-corrected chi connectivity index (χ3v) is 3.10. The topological polar surface area (TPSA) is 74.6 Å². The summed E-state index contributed by atoms with van der Waals surface area (Å²) in [7, 11) is 0. The SMILES string of the molecule is O=C(O)CCC=C(C(=O)O)C1C=Cc2ccccc21. The molecule has 1 aromatic carbocycles. The molecule has 1 atom stereocenters. The van der Waals surface area contributed by atoms with Gasteiger partial charge in [-0.05, 0) is 17.5 Å². The Hall–Kier alpha value is -2.36. The number of allylic oxidation sites excluding steroid dienone is 2. The third kappa shape index (κ3) is 2.91. The van der Waals surface area contributed by atoms with Crippen LogP contribution in [0.1, 0.15) is 29.9 Å². The molecule has 0 radical (unpaired) electrons. The van der Waals surface area contributed by atoms with Gasteiger partial charge in [-0.3, -0.25) is 4.79 Å². The van der Waals surface area contributed by atoms with Crippen molar-refractivity contribution >= 4 is 18.0 Å². The van der Waals surface area contributed by atoms with Crippen molar-refractivity contribution in [3.8, 4) is 0 Å². The van der Waals surface area contributed by atoms with Crippen molar-refractivity contribution in [2.24, 2.45) is 0 Å². The molecule has 2 N–H and O–H groups in total. The third-order valence-electron chi connectivity index (χ3n) is 3.10. The Balaban J connectivity index is 2.25. The highest BCUT2D eigenvalue weighted by Gasteiger charge is 2.24. The van der Waals surface area contributed by atoms with Gasteiger partial charge in [0.25, 0.3) is 0 Å². The summed E-state index contributed by atoms with van der Waals surface area (Å²) in [6.45, 7) is 0. The predicted octanol–water partition coefficient (Wildman–Crippen LogP) is 2.67. The maximum absolute atomic E-state index is 11.3. The number of carboxylic acids is 2. The zero-order chi connectivity index (χ0) is 13.8. The van der Waals surface area contributed by atoms with Crippen LogP contribution in [0.25, 0.3) is 6.08 Å². The van der Waals surface area contributed by atoms with Crippen molar-refractivity contribution < 1.29 is 19.8 Å². The first-order valence-corrected chi connectivity index (χ1v) is 6.02. The van der Waals surface area contributed by atoms with Crippen molar-refractivity contribution in [1.82, 2.24) is 0 Å². The predicted molar refractivity (Wildman–Crippen MR) is 70.8 cm³/mol. The average Bonchev–Trinajstić information content (AvgIpc) is 2.77. The minimum Gasteiger partial charge on any atom is -0.481 e. The highest BCUT2D eigenvalue weighted by atomic mass is 16.4. The Kier molecular flexibility index (Phi) is 3.80. The monoisotopic (exact) mass is 258 g/mol. The lowest BCUT2D eigenvalue weighted by molar-refractivity contribution is -0.137. The maximum atomic E-state index is 11.3. The lowest BCUT2D eigenvalue weighted by Gasteiger charge is -2.12. The van der Waals surface area contributed by atoms with Crippen LogP contribution >= 0.6 is 0 Å². The van der Waals surface area contributed by atoms with Gasteiger partial charge in [-0.1, -0.05) is 42.5 Å². The lowest BCUT2D eigenvalue weighted by Crippen LogP contribution is -2.09. The van der Waals surface area contributed by atoms with Crippen molar-refractivity contribution in [2.45, 2.75) is 18.8 Å². The lowest BCUT2D eigenvalue weighted by atomic mass is 9.92. The Morgan fingerprint density at radius 2 is 1.95 bits per heavy atom. The van der Waals surface area contributed by atoms with E-state index in [0.717, 1.165) is 11.1 Å². The molecule has 0 bridgehead atoms. The van der Waals surface area contributed by atoms with Gasteiger partial charge >= 0.3 is 11.9 Å². The molecule has 0 saturated heterocycles. The van der Waals surface area contributed by atoms with E-state index in [1.165, 1.54) is 6.08 Å². The molecule has 2 rings (SSSR count). The van der Waals surface area contributed by atoms with E-state index in [0.29, 0.717) is 0 Å². The van der Waals surface area contributed by atoms with Crippen molar-refractivity contribution in [2.75, 3.05) is 0 Å². The Morgan fingerprint density at radius 3 is 2.63 bits per heavy atom. The van der Waals surface area contributed by atoms with Crippen LogP contribution in [-0.2, 0) is 9.59 Å². The van der Waals surface area contributed by atoms with Crippen LogP contribution in [0, 0.1) is 0 Å². The fourth-order valence-electron chi connectivity index (χ4n) is 2.22. The number of benzene rings is 1. The van der Waals surface area contributed by atoms with Gasteiger partial charge in [0.1, 0.15) is 0 Å². The Morgan fingerprint density at radius 1 is 1.21 bits per heavy atom. The van der Waals surface area contributed by atoms with Crippen LogP contribution in [0.4, 0.5) is 0 Å². The smallest absolute Gasteiger partial charge is 0.332 e. The molecule has 4 heteroatoms. The summed E-state index contributed by atoms with van der Waals surface area (Å²) >= 11 is 0. The van der Waals surface area contributed by atoms with Gasteiger partial charge in [-0.2, -0.15) is 0 Å². The van der Waals surface area contributed by atoms with Gasteiger partial charge in [0, 0.05) is 17.9 Å². The highest BCUT2D eigenvalue weighted by Crippen LogP contribution is 2.35. The van der Waals surface area contributed by atoms with Crippen molar-refractivity contribution in [1.29, 1.82) is 0 Å². The molecular formula is C15H14O4. The van der Waals surface area contributed by atoms with Crippen LogP contribution < -0.4 is 0 Å². The normalized spacial score (nSPS) is 17.3. The Bertz CT molecular complexity index is 569. The van der Waals surface area contributed by atoms with Crippen molar-refractivity contribution in [3.05, 3.63) is 53.1 Å². The summed E-state index contributed by atoms with van der Waals surface area (Å²) in [4.78, 5) is 21.8. The van der Waals surface area contributed by atoms with E-state index in [1.807, 2.05) is 36.4 Å². The van der Waals surface area contributed by atoms with Crippen LogP contribution in [0.15, 0.2) is 42.0 Å². The van der Waals surface area contributed by atoms with E-state index in [2.05, 4.69) is 0 Å². The molecule has 19 heavy (non-hydrogen) atoms. The molecule has 0 amide bonds. The van der Waals surface area contributed by atoms with Crippen LogP contribution in [0.3, 0.4) is 0 Å². The van der Waals surface area contributed by atoms with E-state index < -0.39 is 11.9 Å². The van der Waals surface area contributed by atoms with Gasteiger partial charge in [-0.25, -0.2) is 4.79 Å². The number of carboxylic acid groups (broad SMARTS) is 2. The van der Waals surface area contributed by atoms with Crippen molar-refractivity contribution in [3.63, 3.8) is 0 Å². The van der Waals surface area contributed by atoms with Gasteiger partial charge in [0.2, 0.25) is 0 Å². The average molecular weight is 258 g/mol. The summed E-state index contributed by atoms with van der Waals surface area (Å²) in [6.07, 6.45) is 5.41. The van der Waals surface area contributed by atoms with Gasteiger partial charge in [-0.15, -0.1) is 0 Å². The summed E-state index contributed by atoms with van der Waals surface area (Å²) in [5.74, 6) is -2.22. The summed E-state index contributed by atoms with van der Waals surface area (Å²) in [6, 6.07) is 7.60. The molecular weight excluding hydrogens is 244 g/mol. The quantitative estimate of drug-likeness (QED) is 0.796. The van der Waals surface area contributed by atoms with E-state index in [4.69, 9.17) is 5.11 Å². The van der Waals surface area contributed by atoms with E-state index in [-0.39, 0.29) is 24.3 Å². The molecule has 0 fully saturated rings. The second kappa shape index (κ2) is 5.52. The minimum atomic E-state index is -1.00. The van der Waals surface area contributed by atoms with Gasteiger partial charge in [0.15, 0.2) is 0 Å². The number of hydrogen-bond acceptors (Lipinski definition) is 2. The van der Waals surface area contributed by atoms with Crippen LogP contribution in [0.5, 0.6) is 0 Å². The second-order valence-corrected chi connectivity index (χ2v) is 4.36. The molecule has 98 valence electrons. The minimum absolute atomic E-state index is 0.0607. The van der Waals surface area contributed by atoms with E-state index in [9.17, 15) is 14.7 Å². The van der Waals surface area contributed by atoms with Crippen LogP contribution in [-0.4, -0.2) is 22.2 Å². The van der Waals surface area contributed by atoms with E-state index >= 15 is 0 Å². The van der Waals surface area contributed by atoms with Gasteiger partial charge in [0.05, 0.1) is 0 Å². The molecule has 1 aliphatic rings. The fraction of sp³-hybridized carbons (Fsp3) is 0.200. The van der Waals surface area contributed by atoms with E-state index in [1.54, 1.807) is 0 Å². The summed E-state index contributed by atoms with van der Waals surface area (Å²) in [5.41, 5.74) is 2.20. The number of carbonyl (C=O) groups is 2. The molecule has 1 unspecified atom stereocenters. The first kappa shape index (κ1) is 13.1. The molecule has 0 aliphatic heterocycles. The zero-order valence-electron chi connectivity index (χ0n) is 10.2. The molecule has 0 spiro atoms. The second-order valence-electron chi connectivity index (χ2n) is 4.36. The first-order valence-electron chi connectivity index (χ1n) is 6.02. The summed E-state index contributed by atoms with van der Waals surface area (Å²) < 4.78 is 0. The number of rotatable bonds is 5. The molecule has 1 aromatic rings. The molecule has 4 nitrogen and oxygen atoms in total. The number of hydrogen-bond donors (Lipinski definition) is 2. The van der Waals surface area contributed by atoms with Gasteiger partial charge < -0.3 is 10.2 Å². The molecule has 0 heterocycles. The Labute approximate surface area is 110 Å². The maximum Gasteiger partial charge on any atom is 0.332 e. The zero-order valence-corrected chi connectivity index (χ0v) is 10.2. The molecule has 0 saturated carbocycles. The van der Waals surface area contributed by atoms with Crippen LogP contribution in [0.2, 0.25) is 0 Å².